The molecule has 20 heavy (non-hydrogen) atoms. The van der Waals surface area contributed by atoms with Crippen LogP contribution in [0.5, 0.6) is 0 Å². The van der Waals surface area contributed by atoms with Gasteiger partial charge in [0.25, 0.3) is 0 Å². The van der Waals surface area contributed by atoms with E-state index in [4.69, 9.17) is 19.9 Å². The molecule has 0 spiro atoms. The number of hydrogen-bond acceptors (Lipinski definition) is 7. The van der Waals surface area contributed by atoms with Crippen LogP contribution in [0, 0.1) is 0 Å². The van der Waals surface area contributed by atoms with E-state index in [2.05, 4.69) is 15.0 Å². The van der Waals surface area contributed by atoms with Crippen LogP contribution in [0.3, 0.4) is 0 Å². The highest BCUT2D eigenvalue weighted by atomic mass is 16.7. The topological polar surface area (TPSA) is 97.3 Å². The molecular weight excluding hydrogens is 262 g/mol. The standard InChI is InChI=1S/C12H15N5O3/c13-11-10-12(15-4-14-11)17(5-16-10)7-1-8-9(19-2-7)3-18-6-20-8/h4-5,7-9H,1-3,6H2,(H2,13,14,15). The van der Waals surface area contributed by atoms with E-state index in [1.165, 1.54) is 6.33 Å². The molecule has 106 valence electrons. The van der Waals surface area contributed by atoms with Gasteiger partial charge in [0.15, 0.2) is 11.5 Å². The quantitative estimate of drug-likeness (QED) is 0.790. The number of rotatable bonds is 1. The van der Waals surface area contributed by atoms with Crippen molar-refractivity contribution in [3.8, 4) is 0 Å². The number of hydrogen-bond donors (Lipinski definition) is 1. The second kappa shape index (κ2) is 4.65. The minimum atomic E-state index is 0.0227. The molecule has 2 N–H and O–H groups in total. The highest BCUT2D eigenvalue weighted by Gasteiger charge is 2.36. The predicted octanol–water partition coefficient (Wildman–Crippen LogP) is 0.111. The summed E-state index contributed by atoms with van der Waals surface area (Å²) in [6.07, 6.45) is 4.12. The molecular formula is C12H15N5O3. The smallest absolute Gasteiger partial charge is 0.165 e. The molecule has 8 heteroatoms. The van der Waals surface area contributed by atoms with E-state index in [9.17, 15) is 0 Å². The largest absolute Gasteiger partial charge is 0.382 e. The van der Waals surface area contributed by atoms with Crippen LogP contribution in [-0.4, -0.2) is 51.7 Å². The van der Waals surface area contributed by atoms with Crippen molar-refractivity contribution < 1.29 is 14.2 Å². The number of imidazole rings is 1. The second-order valence-electron chi connectivity index (χ2n) is 5.04. The maximum Gasteiger partial charge on any atom is 0.165 e. The molecule has 2 aromatic heterocycles. The Morgan fingerprint density at radius 3 is 3.05 bits per heavy atom. The first kappa shape index (κ1) is 12.0. The fraction of sp³-hybridized carbons (Fsp3) is 0.583. The fourth-order valence-electron chi connectivity index (χ4n) is 2.79. The molecule has 4 rings (SSSR count). The van der Waals surface area contributed by atoms with E-state index in [0.29, 0.717) is 31.3 Å². The van der Waals surface area contributed by atoms with Crippen LogP contribution >= 0.6 is 0 Å². The molecule has 4 heterocycles. The molecule has 3 atom stereocenters. The fourth-order valence-corrected chi connectivity index (χ4v) is 2.79. The molecule has 2 fully saturated rings. The molecule has 0 radical (unpaired) electrons. The molecule has 3 unspecified atom stereocenters. The van der Waals surface area contributed by atoms with Gasteiger partial charge in [-0.15, -0.1) is 0 Å². The van der Waals surface area contributed by atoms with Crippen LogP contribution in [-0.2, 0) is 14.2 Å². The van der Waals surface area contributed by atoms with Crippen LogP contribution in [0.2, 0.25) is 0 Å². The third-order valence-electron chi connectivity index (χ3n) is 3.85. The van der Waals surface area contributed by atoms with Crippen molar-refractivity contribution in [1.82, 2.24) is 19.5 Å². The first-order valence-corrected chi connectivity index (χ1v) is 6.57. The molecule has 8 nitrogen and oxygen atoms in total. The minimum absolute atomic E-state index is 0.0227. The van der Waals surface area contributed by atoms with Gasteiger partial charge in [-0.1, -0.05) is 0 Å². The third-order valence-corrected chi connectivity index (χ3v) is 3.85. The summed E-state index contributed by atoms with van der Waals surface area (Å²) in [5.74, 6) is 0.394. The summed E-state index contributed by atoms with van der Waals surface area (Å²) < 4.78 is 18.7. The van der Waals surface area contributed by atoms with Gasteiger partial charge in [0.1, 0.15) is 24.7 Å². The van der Waals surface area contributed by atoms with Gasteiger partial charge < -0.3 is 24.5 Å². The zero-order chi connectivity index (χ0) is 13.5. The number of nitrogen functional groups attached to an aromatic ring is 1. The second-order valence-corrected chi connectivity index (χ2v) is 5.04. The Morgan fingerprint density at radius 2 is 2.10 bits per heavy atom. The lowest BCUT2D eigenvalue weighted by molar-refractivity contribution is -0.231. The van der Waals surface area contributed by atoms with Crippen molar-refractivity contribution in [2.75, 3.05) is 25.7 Å². The molecule has 2 aromatic rings. The van der Waals surface area contributed by atoms with Gasteiger partial charge in [-0.25, -0.2) is 15.0 Å². The third kappa shape index (κ3) is 1.84. The summed E-state index contributed by atoms with van der Waals surface area (Å²) in [4.78, 5) is 12.5. The Labute approximate surface area is 114 Å². The summed E-state index contributed by atoms with van der Waals surface area (Å²) in [7, 11) is 0. The Kier molecular flexibility index (Phi) is 2.79. The van der Waals surface area contributed by atoms with Crippen molar-refractivity contribution in [3.05, 3.63) is 12.7 Å². The van der Waals surface area contributed by atoms with Crippen molar-refractivity contribution in [3.63, 3.8) is 0 Å². The summed E-state index contributed by atoms with van der Waals surface area (Å²) >= 11 is 0. The van der Waals surface area contributed by atoms with Crippen molar-refractivity contribution in [1.29, 1.82) is 0 Å². The van der Waals surface area contributed by atoms with Crippen LogP contribution in [0.1, 0.15) is 12.5 Å². The lowest BCUT2D eigenvalue weighted by Crippen LogP contribution is -2.47. The lowest BCUT2D eigenvalue weighted by Gasteiger charge is -2.39. The van der Waals surface area contributed by atoms with E-state index in [-0.39, 0.29) is 18.2 Å². The zero-order valence-corrected chi connectivity index (χ0v) is 10.8. The van der Waals surface area contributed by atoms with Gasteiger partial charge in [0.05, 0.1) is 31.7 Å². The number of nitrogens with zero attached hydrogens (tertiary/aromatic N) is 4. The van der Waals surface area contributed by atoms with Gasteiger partial charge in [-0.05, 0) is 6.42 Å². The molecule has 0 aromatic carbocycles. The first-order valence-electron chi connectivity index (χ1n) is 6.57. The van der Waals surface area contributed by atoms with Gasteiger partial charge in [0, 0.05) is 0 Å². The van der Waals surface area contributed by atoms with Crippen LogP contribution < -0.4 is 5.73 Å². The van der Waals surface area contributed by atoms with Gasteiger partial charge >= 0.3 is 0 Å². The number of ether oxygens (including phenoxy) is 3. The molecule has 0 aliphatic carbocycles. The molecule has 0 amide bonds. The van der Waals surface area contributed by atoms with E-state index >= 15 is 0 Å². The molecule has 2 aliphatic heterocycles. The number of fused-ring (bicyclic) bond motifs is 2. The van der Waals surface area contributed by atoms with Crippen LogP contribution in [0.25, 0.3) is 11.2 Å². The van der Waals surface area contributed by atoms with Gasteiger partial charge in [0.2, 0.25) is 0 Å². The van der Waals surface area contributed by atoms with E-state index in [1.54, 1.807) is 6.33 Å². The summed E-state index contributed by atoms with van der Waals surface area (Å²) in [6, 6.07) is 0.133. The number of nitrogens with two attached hydrogens (primary N) is 1. The highest BCUT2D eigenvalue weighted by molar-refractivity contribution is 5.81. The molecule has 2 saturated heterocycles. The Balaban J connectivity index is 1.65. The van der Waals surface area contributed by atoms with Gasteiger partial charge in [-0.2, -0.15) is 0 Å². The predicted molar refractivity (Wildman–Crippen MR) is 68.8 cm³/mol. The first-order chi connectivity index (χ1) is 9.83. The average molecular weight is 277 g/mol. The Morgan fingerprint density at radius 1 is 1.15 bits per heavy atom. The Hall–Kier alpha value is -1.77. The van der Waals surface area contributed by atoms with Crippen molar-refractivity contribution >= 4 is 17.0 Å². The van der Waals surface area contributed by atoms with Crippen molar-refractivity contribution in [2.24, 2.45) is 0 Å². The van der Waals surface area contributed by atoms with Gasteiger partial charge in [-0.3, -0.25) is 0 Å². The minimum Gasteiger partial charge on any atom is -0.382 e. The van der Waals surface area contributed by atoms with Crippen LogP contribution in [0.15, 0.2) is 12.7 Å². The van der Waals surface area contributed by atoms with E-state index < -0.39 is 0 Å². The zero-order valence-electron chi connectivity index (χ0n) is 10.8. The highest BCUT2D eigenvalue weighted by Crippen LogP contribution is 2.30. The lowest BCUT2D eigenvalue weighted by atomic mass is 10.0. The summed E-state index contributed by atoms with van der Waals surface area (Å²) in [6.45, 7) is 1.51. The van der Waals surface area contributed by atoms with E-state index in [0.717, 1.165) is 12.1 Å². The summed E-state index contributed by atoms with van der Waals surface area (Å²) in [5, 5.41) is 0. The molecule has 2 aliphatic rings. The average Bonchev–Trinajstić information content (AvgIpc) is 2.92. The normalized spacial score (nSPS) is 30.3. The number of aromatic nitrogens is 4. The maximum atomic E-state index is 5.82. The summed E-state index contributed by atoms with van der Waals surface area (Å²) in [5.41, 5.74) is 7.17. The molecule has 0 saturated carbocycles. The number of anilines is 1. The maximum absolute atomic E-state index is 5.82. The Bertz CT molecular complexity index is 631. The van der Waals surface area contributed by atoms with Crippen LogP contribution in [0.4, 0.5) is 5.82 Å². The monoisotopic (exact) mass is 277 g/mol. The SMILES string of the molecule is Nc1ncnc2c1ncn2C1COC2COCOC2C1. The molecule has 0 bridgehead atoms. The van der Waals surface area contributed by atoms with E-state index in [1.807, 2.05) is 4.57 Å². The van der Waals surface area contributed by atoms with Crippen molar-refractivity contribution in [2.45, 2.75) is 24.7 Å².